The highest BCUT2D eigenvalue weighted by molar-refractivity contribution is 6.91. The normalized spacial score (nSPS) is 25.1. The van der Waals surface area contributed by atoms with E-state index in [1.165, 1.54) is 6.42 Å². The van der Waals surface area contributed by atoms with Crippen molar-refractivity contribution in [2.75, 3.05) is 0 Å². The van der Waals surface area contributed by atoms with Crippen LogP contribution in [0.2, 0.25) is 13.1 Å². The third kappa shape index (κ3) is 1.81. The molecule has 0 saturated carbocycles. The number of rotatable bonds is 2. The molecule has 0 amide bonds. The Hall–Kier alpha value is -0.823. The predicted molar refractivity (Wildman–Crippen MR) is 79.6 cm³/mol. The van der Waals surface area contributed by atoms with Crippen LogP contribution in [0.1, 0.15) is 34.1 Å². The average molecular weight is 244 g/mol. The first-order valence-corrected chi connectivity index (χ1v) is 9.62. The van der Waals surface area contributed by atoms with Gasteiger partial charge >= 0.3 is 0 Å². The second-order valence-corrected chi connectivity index (χ2v) is 10.4. The largest absolute Gasteiger partial charge is 0.104 e. The molecule has 0 aromatic rings. The van der Waals surface area contributed by atoms with Crippen LogP contribution in [0.3, 0.4) is 0 Å². The quantitative estimate of drug-likeness (QED) is 0.602. The molecule has 0 heterocycles. The minimum Gasteiger partial charge on any atom is -0.0809 e. The predicted octanol–water partition coefficient (Wildman–Crippen LogP) is 4.96. The van der Waals surface area contributed by atoms with Crippen LogP contribution < -0.4 is 0 Å². The van der Waals surface area contributed by atoms with Gasteiger partial charge in [-0.15, -0.1) is 0 Å². The van der Waals surface area contributed by atoms with Gasteiger partial charge in [-0.3, -0.25) is 0 Å². The van der Waals surface area contributed by atoms with Crippen molar-refractivity contribution in [3.05, 3.63) is 45.3 Å². The first-order chi connectivity index (χ1) is 7.87. The monoisotopic (exact) mass is 244 g/mol. The van der Waals surface area contributed by atoms with Gasteiger partial charge < -0.3 is 0 Å². The fourth-order valence-corrected chi connectivity index (χ4v) is 7.37. The van der Waals surface area contributed by atoms with Crippen molar-refractivity contribution in [1.29, 1.82) is 0 Å². The molecule has 0 saturated heterocycles. The Morgan fingerprint density at radius 2 is 1.76 bits per heavy atom. The Bertz CT molecular complexity index is 470. The standard InChI is InChI=1S/C16H24Si/c1-11-12(2)14(4)16(13(11)3)17(5,6)15-9-7-8-10-15/h7-9,13H,10H2,1-6H3. The lowest BCUT2D eigenvalue weighted by molar-refractivity contribution is 0.847. The number of allylic oxidation sites excluding steroid dienone is 8. The lowest BCUT2D eigenvalue weighted by atomic mass is 10.1. The Morgan fingerprint density at radius 1 is 1.12 bits per heavy atom. The van der Waals surface area contributed by atoms with Crippen LogP contribution in [-0.4, -0.2) is 8.07 Å². The van der Waals surface area contributed by atoms with Crippen molar-refractivity contribution in [1.82, 2.24) is 0 Å². The summed E-state index contributed by atoms with van der Waals surface area (Å²) in [4.78, 5) is 0. The van der Waals surface area contributed by atoms with E-state index in [2.05, 4.69) is 59.0 Å². The molecule has 1 heteroatoms. The number of hydrogen-bond donors (Lipinski definition) is 0. The number of hydrogen-bond acceptors (Lipinski definition) is 0. The molecule has 0 spiro atoms. The van der Waals surface area contributed by atoms with Gasteiger partial charge in [0.25, 0.3) is 0 Å². The molecule has 0 N–H and O–H groups in total. The summed E-state index contributed by atoms with van der Waals surface area (Å²) in [6, 6.07) is 0. The van der Waals surface area contributed by atoms with Gasteiger partial charge in [-0.05, 0) is 38.7 Å². The molecule has 0 aromatic carbocycles. The summed E-state index contributed by atoms with van der Waals surface area (Å²) in [6.07, 6.45) is 8.07. The summed E-state index contributed by atoms with van der Waals surface area (Å²) in [6.45, 7) is 14.4. The van der Waals surface area contributed by atoms with E-state index in [-0.39, 0.29) is 0 Å². The van der Waals surface area contributed by atoms with Crippen molar-refractivity contribution >= 4 is 8.07 Å². The lowest BCUT2D eigenvalue weighted by Crippen LogP contribution is -2.35. The molecular formula is C16H24Si. The van der Waals surface area contributed by atoms with Crippen LogP contribution in [0.5, 0.6) is 0 Å². The molecule has 17 heavy (non-hydrogen) atoms. The smallest absolute Gasteiger partial charge is 0.0809 e. The Labute approximate surface area is 107 Å². The maximum atomic E-state index is 2.52. The van der Waals surface area contributed by atoms with Gasteiger partial charge in [0.2, 0.25) is 0 Å². The van der Waals surface area contributed by atoms with Gasteiger partial charge in [0.1, 0.15) is 8.07 Å². The summed E-state index contributed by atoms with van der Waals surface area (Å²) in [7, 11) is -1.41. The van der Waals surface area contributed by atoms with E-state index in [1.54, 1.807) is 27.1 Å². The highest BCUT2D eigenvalue weighted by atomic mass is 28.3. The third-order valence-corrected chi connectivity index (χ3v) is 9.02. The van der Waals surface area contributed by atoms with Crippen molar-refractivity contribution in [3.8, 4) is 0 Å². The van der Waals surface area contributed by atoms with Gasteiger partial charge in [-0.25, -0.2) is 0 Å². The Balaban J connectivity index is 2.43. The maximum absolute atomic E-state index is 2.52. The molecular weight excluding hydrogens is 220 g/mol. The van der Waals surface area contributed by atoms with Crippen LogP contribution in [0.25, 0.3) is 0 Å². The zero-order chi connectivity index (χ0) is 12.8. The van der Waals surface area contributed by atoms with E-state index >= 15 is 0 Å². The maximum Gasteiger partial charge on any atom is 0.104 e. The van der Waals surface area contributed by atoms with Gasteiger partial charge in [0.05, 0.1) is 0 Å². The van der Waals surface area contributed by atoms with E-state index in [0.29, 0.717) is 5.92 Å². The summed E-state index contributed by atoms with van der Waals surface area (Å²) in [5.74, 6) is 0.665. The van der Waals surface area contributed by atoms with E-state index in [0.717, 1.165) is 0 Å². The van der Waals surface area contributed by atoms with Gasteiger partial charge in [-0.1, -0.05) is 59.8 Å². The van der Waals surface area contributed by atoms with E-state index < -0.39 is 8.07 Å². The van der Waals surface area contributed by atoms with Gasteiger partial charge in [-0.2, -0.15) is 0 Å². The van der Waals surface area contributed by atoms with Gasteiger partial charge in [0.15, 0.2) is 0 Å². The highest BCUT2D eigenvalue weighted by Crippen LogP contribution is 2.44. The first kappa shape index (κ1) is 12.6. The molecule has 2 rings (SSSR count). The van der Waals surface area contributed by atoms with Crippen LogP contribution >= 0.6 is 0 Å². The molecule has 0 fully saturated rings. The molecule has 1 atom stereocenters. The molecule has 92 valence electrons. The molecule has 0 radical (unpaired) electrons. The molecule has 0 bridgehead atoms. The summed E-state index contributed by atoms with van der Waals surface area (Å²) < 4.78 is 0. The summed E-state index contributed by atoms with van der Waals surface area (Å²) in [5.41, 5.74) is 4.71. The molecule has 1 unspecified atom stereocenters. The van der Waals surface area contributed by atoms with Crippen molar-refractivity contribution in [2.45, 2.75) is 47.2 Å². The lowest BCUT2D eigenvalue weighted by Gasteiger charge is -2.31. The van der Waals surface area contributed by atoms with Crippen LogP contribution in [0, 0.1) is 5.92 Å². The first-order valence-electron chi connectivity index (χ1n) is 6.62. The van der Waals surface area contributed by atoms with Crippen LogP contribution in [0.15, 0.2) is 45.3 Å². The summed E-state index contributed by atoms with van der Waals surface area (Å²) >= 11 is 0. The van der Waals surface area contributed by atoms with Crippen molar-refractivity contribution < 1.29 is 0 Å². The minimum atomic E-state index is -1.41. The van der Waals surface area contributed by atoms with Crippen molar-refractivity contribution in [3.63, 3.8) is 0 Å². The van der Waals surface area contributed by atoms with Crippen molar-refractivity contribution in [2.24, 2.45) is 5.92 Å². The Morgan fingerprint density at radius 3 is 2.18 bits per heavy atom. The van der Waals surface area contributed by atoms with Gasteiger partial charge in [0, 0.05) is 0 Å². The van der Waals surface area contributed by atoms with E-state index in [9.17, 15) is 0 Å². The highest BCUT2D eigenvalue weighted by Gasteiger charge is 2.38. The SMILES string of the molecule is CC1=C(C)C(C)C([Si](C)(C)C2=CC=CC2)=C1C. The fourth-order valence-electron chi connectivity index (χ4n) is 3.46. The molecule has 0 nitrogen and oxygen atoms in total. The minimum absolute atomic E-state index is 0.665. The second-order valence-electron chi connectivity index (χ2n) is 6.02. The summed E-state index contributed by atoms with van der Waals surface area (Å²) in [5, 5.41) is 3.46. The second kappa shape index (κ2) is 4.13. The fraction of sp³-hybridized carbons (Fsp3) is 0.500. The molecule has 0 aromatic heterocycles. The molecule has 0 aliphatic heterocycles. The molecule has 2 aliphatic rings. The van der Waals surface area contributed by atoms with E-state index in [4.69, 9.17) is 0 Å². The third-order valence-electron chi connectivity index (χ3n) is 4.89. The van der Waals surface area contributed by atoms with Crippen LogP contribution in [0.4, 0.5) is 0 Å². The van der Waals surface area contributed by atoms with Crippen LogP contribution in [-0.2, 0) is 0 Å². The topological polar surface area (TPSA) is 0 Å². The Kier molecular flexibility index (Phi) is 3.07. The molecule has 2 aliphatic carbocycles. The zero-order valence-electron chi connectivity index (χ0n) is 12.0. The zero-order valence-corrected chi connectivity index (χ0v) is 13.0. The average Bonchev–Trinajstić information content (AvgIpc) is 2.85. The van der Waals surface area contributed by atoms with E-state index in [1.807, 2.05) is 0 Å².